The lowest BCUT2D eigenvalue weighted by atomic mass is 9.83. The normalized spacial score (nSPS) is 15.6. The summed E-state index contributed by atoms with van der Waals surface area (Å²) in [4.78, 5) is 0. The third kappa shape index (κ3) is 4.22. The fourth-order valence-corrected chi connectivity index (χ4v) is 4.91. The van der Waals surface area contributed by atoms with E-state index in [1.54, 1.807) is 11.1 Å². The molecule has 0 aliphatic heterocycles. The van der Waals surface area contributed by atoms with Crippen LogP contribution in [0.25, 0.3) is 11.1 Å². The molecule has 0 radical (unpaired) electrons. The first kappa shape index (κ1) is 19.0. The van der Waals surface area contributed by atoms with Gasteiger partial charge in [-0.2, -0.15) is 0 Å². The highest BCUT2D eigenvalue weighted by Crippen LogP contribution is 2.42. The van der Waals surface area contributed by atoms with E-state index in [2.05, 4.69) is 67.3 Å². The number of benzene rings is 2. The molecule has 0 amide bonds. The maximum absolute atomic E-state index is 3.84. The summed E-state index contributed by atoms with van der Waals surface area (Å²) in [7, 11) is 0. The Hall–Kier alpha value is -2.34. The Labute approximate surface area is 170 Å². The fourth-order valence-electron chi connectivity index (χ4n) is 4.91. The number of rotatable bonds is 10. The lowest BCUT2D eigenvalue weighted by molar-refractivity contribution is 0.544. The van der Waals surface area contributed by atoms with Gasteiger partial charge in [-0.05, 0) is 77.8 Å². The van der Waals surface area contributed by atoms with Crippen LogP contribution < -0.4 is 0 Å². The minimum atomic E-state index is 0.639. The molecule has 1 unspecified atom stereocenters. The smallest absolute Gasteiger partial charge is 0.00853 e. The quantitative estimate of drug-likeness (QED) is 0.296. The highest BCUT2D eigenvalue weighted by molar-refractivity contribution is 5.79. The van der Waals surface area contributed by atoms with Crippen molar-refractivity contribution in [3.05, 3.63) is 95.6 Å². The molecular formula is C28H32. The molecule has 2 aromatic carbocycles. The molecule has 0 aromatic heterocycles. The van der Waals surface area contributed by atoms with Gasteiger partial charge in [0, 0.05) is 0 Å². The van der Waals surface area contributed by atoms with Crippen LogP contribution in [0.1, 0.15) is 67.2 Å². The predicted molar refractivity (Wildman–Crippen MR) is 122 cm³/mol. The molecule has 2 aromatic rings. The zero-order valence-electron chi connectivity index (χ0n) is 17.0. The monoisotopic (exact) mass is 368 g/mol. The van der Waals surface area contributed by atoms with Crippen molar-refractivity contribution in [3.63, 3.8) is 0 Å². The van der Waals surface area contributed by atoms with Gasteiger partial charge >= 0.3 is 0 Å². The van der Waals surface area contributed by atoms with E-state index in [1.807, 2.05) is 6.08 Å². The van der Waals surface area contributed by atoms with E-state index in [0.717, 1.165) is 19.3 Å². The summed E-state index contributed by atoms with van der Waals surface area (Å²) < 4.78 is 0. The summed E-state index contributed by atoms with van der Waals surface area (Å²) in [6.45, 7) is 3.84. The molecule has 0 spiro atoms. The number of hydrogen-bond acceptors (Lipinski definition) is 0. The Morgan fingerprint density at radius 1 is 0.786 bits per heavy atom. The van der Waals surface area contributed by atoms with Crippen LogP contribution in [0.4, 0.5) is 0 Å². The van der Waals surface area contributed by atoms with Gasteiger partial charge in [0.2, 0.25) is 0 Å². The van der Waals surface area contributed by atoms with Crippen molar-refractivity contribution in [2.45, 2.75) is 57.8 Å². The molecule has 0 nitrogen and oxygen atoms in total. The van der Waals surface area contributed by atoms with E-state index < -0.39 is 0 Å². The standard InChI is InChI=1S/C28H32/c1-2-3-4-5-6-7-14-24(28-20-19-23-13-9-11-16-27(23)28)21-25-18-17-22-12-8-10-15-26(22)25/h2,8-13,15-16,18,20,24H,1,3-7,14,17,19,21H2. The molecule has 0 saturated carbocycles. The Morgan fingerprint density at radius 2 is 1.46 bits per heavy atom. The van der Waals surface area contributed by atoms with E-state index in [-0.39, 0.29) is 0 Å². The first-order chi connectivity index (χ1) is 13.9. The molecule has 4 rings (SSSR count). The van der Waals surface area contributed by atoms with Gasteiger partial charge in [-0.15, -0.1) is 6.58 Å². The van der Waals surface area contributed by atoms with Gasteiger partial charge in [0.1, 0.15) is 0 Å². The van der Waals surface area contributed by atoms with Gasteiger partial charge in [-0.3, -0.25) is 0 Å². The third-order valence-electron chi connectivity index (χ3n) is 6.42. The van der Waals surface area contributed by atoms with Crippen molar-refractivity contribution >= 4 is 11.1 Å². The van der Waals surface area contributed by atoms with Crippen LogP contribution in [0.2, 0.25) is 0 Å². The van der Waals surface area contributed by atoms with Crippen molar-refractivity contribution in [2.75, 3.05) is 0 Å². The molecule has 0 heteroatoms. The van der Waals surface area contributed by atoms with Crippen LogP contribution in [0.3, 0.4) is 0 Å². The zero-order chi connectivity index (χ0) is 19.2. The van der Waals surface area contributed by atoms with E-state index in [9.17, 15) is 0 Å². The first-order valence-corrected chi connectivity index (χ1v) is 11.0. The van der Waals surface area contributed by atoms with Crippen LogP contribution in [-0.4, -0.2) is 0 Å². The molecule has 0 N–H and O–H groups in total. The fraction of sp³-hybridized carbons (Fsp3) is 0.357. The van der Waals surface area contributed by atoms with Crippen molar-refractivity contribution in [2.24, 2.45) is 5.92 Å². The van der Waals surface area contributed by atoms with Crippen molar-refractivity contribution in [1.82, 2.24) is 0 Å². The van der Waals surface area contributed by atoms with Gasteiger partial charge < -0.3 is 0 Å². The van der Waals surface area contributed by atoms with Gasteiger partial charge in [-0.25, -0.2) is 0 Å². The second-order valence-electron chi connectivity index (χ2n) is 8.29. The molecule has 0 bridgehead atoms. The molecule has 2 aliphatic rings. The number of allylic oxidation sites excluding steroid dienone is 5. The maximum Gasteiger partial charge on any atom is -0.00853 e. The van der Waals surface area contributed by atoms with Gasteiger partial charge in [0.25, 0.3) is 0 Å². The molecule has 1 atom stereocenters. The lowest BCUT2D eigenvalue weighted by Crippen LogP contribution is -2.05. The molecule has 0 saturated heterocycles. The molecule has 28 heavy (non-hydrogen) atoms. The Balaban J connectivity index is 1.47. The van der Waals surface area contributed by atoms with Gasteiger partial charge in [-0.1, -0.05) is 86.0 Å². The van der Waals surface area contributed by atoms with Crippen LogP contribution in [0.15, 0.2) is 73.3 Å². The third-order valence-corrected chi connectivity index (χ3v) is 6.42. The van der Waals surface area contributed by atoms with Crippen molar-refractivity contribution in [1.29, 1.82) is 0 Å². The van der Waals surface area contributed by atoms with E-state index >= 15 is 0 Å². The van der Waals surface area contributed by atoms with Crippen LogP contribution >= 0.6 is 0 Å². The minimum Gasteiger partial charge on any atom is -0.103 e. The molecular weight excluding hydrogens is 336 g/mol. The summed E-state index contributed by atoms with van der Waals surface area (Å²) in [6.07, 6.45) is 18.2. The first-order valence-electron chi connectivity index (χ1n) is 11.0. The Kier molecular flexibility index (Phi) is 6.27. The van der Waals surface area contributed by atoms with Crippen molar-refractivity contribution in [3.8, 4) is 0 Å². The van der Waals surface area contributed by atoms with Crippen LogP contribution in [0.5, 0.6) is 0 Å². The average molecular weight is 369 g/mol. The largest absolute Gasteiger partial charge is 0.103 e. The molecule has 2 aliphatic carbocycles. The Morgan fingerprint density at radius 3 is 2.29 bits per heavy atom. The molecule has 0 heterocycles. The van der Waals surface area contributed by atoms with E-state index in [4.69, 9.17) is 0 Å². The predicted octanol–water partition coefficient (Wildman–Crippen LogP) is 7.80. The maximum atomic E-state index is 3.84. The minimum absolute atomic E-state index is 0.639. The lowest BCUT2D eigenvalue weighted by Gasteiger charge is -2.21. The second-order valence-corrected chi connectivity index (χ2v) is 8.29. The number of fused-ring (bicyclic) bond motifs is 2. The van der Waals surface area contributed by atoms with Gasteiger partial charge in [0.15, 0.2) is 0 Å². The SMILES string of the molecule is C=CCCCCCCC(CC1=CCc2ccccc21)C1=CCc2ccccc21. The number of unbranched alkanes of at least 4 members (excludes halogenated alkanes) is 4. The zero-order valence-corrected chi connectivity index (χ0v) is 17.0. The van der Waals surface area contributed by atoms with Gasteiger partial charge in [0.05, 0.1) is 0 Å². The highest BCUT2D eigenvalue weighted by Gasteiger charge is 2.24. The summed E-state index contributed by atoms with van der Waals surface area (Å²) in [5.41, 5.74) is 9.18. The van der Waals surface area contributed by atoms with E-state index in [0.29, 0.717) is 5.92 Å². The topological polar surface area (TPSA) is 0 Å². The second kappa shape index (κ2) is 9.24. The summed E-state index contributed by atoms with van der Waals surface area (Å²) in [6, 6.07) is 18.0. The van der Waals surface area contributed by atoms with E-state index in [1.165, 1.54) is 60.8 Å². The average Bonchev–Trinajstić information content (AvgIpc) is 3.34. The molecule has 0 fully saturated rings. The summed E-state index contributed by atoms with van der Waals surface area (Å²) in [5, 5.41) is 0. The molecule has 144 valence electrons. The Bertz CT molecular complexity index is 880. The van der Waals surface area contributed by atoms with Crippen LogP contribution in [0, 0.1) is 5.92 Å². The number of hydrogen-bond donors (Lipinski definition) is 0. The summed E-state index contributed by atoms with van der Waals surface area (Å²) in [5.74, 6) is 0.639. The summed E-state index contributed by atoms with van der Waals surface area (Å²) >= 11 is 0. The van der Waals surface area contributed by atoms with Crippen LogP contribution in [-0.2, 0) is 12.8 Å². The van der Waals surface area contributed by atoms with Crippen molar-refractivity contribution < 1.29 is 0 Å². The highest BCUT2D eigenvalue weighted by atomic mass is 14.3.